The summed E-state index contributed by atoms with van der Waals surface area (Å²) in [7, 11) is 0. The van der Waals surface area contributed by atoms with Crippen LogP contribution in [0.1, 0.15) is 30.7 Å². The van der Waals surface area contributed by atoms with Crippen LogP contribution in [0, 0.1) is 0 Å². The molecule has 1 saturated carbocycles. The highest BCUT2D eigenvalue weighted by molar-refractivity contribution is 5.88. The molecule has 0 heterocycles. The predicted octanol–water partition coefficient (Wildman–Crippen LogP) is 1.31. The van der Waals surface area contributed by atoms with E-state index in [-0.39, 0.29) is 25.0 Å². The number of carbonyl (C=O) groups excluding carboxylic acids is 1. The van der Waals surface area contributed by atoms with E-state index < -0.39 is 17.4 Å². The summed E-state index contributed by atoms with van der Waals surface area (Å²) in [6.07, 6.45) is 0.680. The van der Waals surface area contributed by atoms with E-state index in [0.29, 0.717) is 0 Å². The summed E-state index contributed by atoms with van der Waals surface area (Å²) in [6, 6.07) is 9.17. The molecular formula is C13H15NO3. The average Bonchev–Trinajstić information content (AvgIpc) is 2.33. The fourth-order valence-electron chi connectivity index (χ4n) is 2.39. The van der Waals surface area contributed by atoms with Gasteiger partial charge in [-0.25, -0.2) is 0 Å². The van der Waals surface area contributed by atoms with Crippen LogP contribution in [0.3, 0.4) is 0 Å². The normalized spacial score (nSPS) is 29.0. The Morgan fingerprint density at radius 2 is 2.00 bits per heavy atom. The zero-order valence-electron chi connectivity index (χ0n) is 9.43. The van der Waals surface area contributed by atoms with Gasteiger partial charge in [-0.1, -0.05) is 30.3 Å². The van der Waals surface area contributed by atoms with E-state index in [1.54, 1.807) is 0 Å². The first-order valence-electron chi connectivity index (χ1n) is 5.63. The number of aliphatic carboxylic acids is 1. The van der Waals surface area contributed by atoms with E-state index in [1.165, 1.54) is 0 Å². The van der Waals surface area contributed by atoms with E-state index in [9.17, 15) is 14.7 Å². The molecule has 1 aliphatic rings. The zero-order chi connectivity index (χ0) is 12.5. The minimum Gasteiger partial charge on any atom is -0.480 e. The number of carbonyl (C=O) groups is 2. The molecule has 3 N–H and O–H groups in total. The van der Waals surface area contributed by atoms with Gasteiger partial charge in [0.15, 0.2) is 0 Å². The van der Waals surface area contributed by atoms with Crippen LogP contribution in [-0.2, 0) is 9.59 Å². The second-order valence-corrected chi connectivity index (χ2v) is 4.55. The van der Waals surface area contributed by atoms with Gasteiger partial charge in [0.1, 0.15) is 11.3 Å². The van der Waals surface area contributed by atoms with Gasteiger partial charge in [0.05, 0.1) is 0 Å². The quantitative estimate of drug-likeness (QED) is 0.807. The number of ketones is 1. The maximum absolute atomic E-state index is 11.5. The molecule has 4 heteroatoms. The van der Waals surface area contributed by atoms with Gasteiger partial charge in [-0.15, -0.1) is 0 Å². The van der Waals surface area contributed by atoms with Gasteiger partial charge < -0.3 is 10.8 Å². The van der Waals surface area contributed by atoms with Crippen molar-refractivity contribution in [3.63, 3.8) is 0 Å². The molecular weight excluding hydrogens is 218 g/mol. The number of Topliss-reactive ketones (excluding diaryl/α,β-unsaturated/α-hetero) is 1. The molecule has 4 nitrogen and oxygen atoms in total. The summed E-state index contributed by atoms with van der Waals surface area (Å²) in [5, 5.41) is 9.28. The Morgan fingerprint density at radius 1 is 1.35 bits per heavy atom. The lowest BCUT2D eigenvalue weighted by molar-refractivity contribution is -0.146. The SMILES string of the molecule is N[C@@]1(C(=O)O)CCC(=O)C[C@@H]1c1ccccc1. The summed E-state index contributed by atoms with van der Waals surface area (Å²) >= 11 is 0. The second kappa shape index (κ2) is 4.30. The van der Waals surface area contributed by atoms with Crippen molar-refractivity contribution in [3.05, 3.63) is 35.9 Å². The number of benzene rings is 1. The molecule has 1 aliphatic carbocycles. The number of nitrogens with two attached hydrogens (primary N) is 1. The summed E-state index contributed by atoms with van der Waals surface area (Å²) < 4.78 is 0. The van der Waals surface area contributed by atoms with Crippen LogP contribution in [0.25, 0.3) is 0 Å². The molecule has 90 valence electrons. The summed E-state index contributed by atoms with van der Waals surface area (Å²) in [5.74, 6) is -1.37. The van der Waals surface area contributed by atoms with Gasteiger partial charge >= 0.3 is 5.97 Å². The van der Waals surface area contributed by atoms with Gasteiger partial charge in [-0.2, -0.15) is 0 Å². The van der Waals surface area contributed by atoms with Crippen molar-refractivity contribution in [2.24, 2.45) is 5.73 Å². The highest BCUT2D eigenvalue weighted by Gasteiger charge is 2.46. The Bertz CT molecular complexity index is 443. The number of hydrogen-bond acceptors (Lipinski definition) is 3. The van der Waals surface area contributed by atoms with Crippen molar-refractivity contribution in [1.29, 1.82) is 0 Å². The van der Waals surface area contributed by atoms with Crippen LogP contribution in [0.4, 0.5) is 0 Å². The first-order valence-corrected chi connectivity index (χ1v) is 5.63. The van der Waals surface area contributed by atoms with E-state index >= 15 is 0 Å². The molecule has 0 spiro atoms. The van der Waals surface area contributed by atoms with Crippen molar-refractivity contribution >= 4 is 11.8 Å². The van der Waals surface area contributed by atoms with Crippen LogP contribution in [0.15, 0.2) is 30.3 Å². The van der Waals surface area contributed by atoms with Crippen molar-refractivity contribution in [1.82, 2.24) is 0 Å². The Labute approximate surface area is 99.4 Å². The molecule has 0 amide bonds. The lowest BCUT2D eigenvalue weighted by Gasteiger charge is -2.37. The standard InChI is InChI=1S/C13H15NO3/c14-13(12(16)17)7-6-10(15)8-11(13)9-4-2-1-3-5-9/h1-5,11H,6-8,14H2,(H,16,17)/t11-,13+/m1/s1. The fourth-order valence-corrected chi connectivity index (χ4v) is 2.39. The molecule has 0 aliphatic heterocycles. The number of rotatable bonds is 2. The molecule has 0 aromatic heterocycles. The van der Waals surface area contributed by atoms with Crippen molar-refractivity contribution in [2.45, 2.75) is 30.7 Å². The Kier molecular flexibility index (Phi) is 2.98. The van der Waals surface area contributed by atoms with Gasteiger partial charge in [0.2, 0.25) is 0 Å². The third kappa shape index (κ3) is 2.08. The van der Waals surface area contributed by atoms with E-state index in [4.69, 9.17) is 5.73 Å². The van der Waals surface area contributed by atoms with Crippen LogP contribution >= 0.6 is 0 Å². The van der Waals surface area contributed by atoms with Crippen molar-refractivity contribution < 1.29 is 14.7 Å². The molecule has 1 aromatic rings. The largest absolute Gasteiger partial charge is 0.480 e. The first-order chi connectivity index (χ1) is 8.04. The molecule has 17 heavy (non-hydrogen) atoms. The first kappa shape index (κ1) is 11.8. The minimum atomic E-state index is -1.32. The maximum Gasteiger partial charge on any atom is 0.324 e. The predicted molar refractivity (Wildman–Crippen MR) is 62.6 cm³/mol. The highest BCUT2D eigenvalue weighted by Crippen LogP contribution is 2.38. The van der Waals surface area contributed by atoms with Crippen molar-refractivity contribution in [2.75, 3.05) is 0 Å². The van der Waals surface area contributed by atoms with Crippen LogP contribution < -0.4 is 5.73 Å². The molecule has 2 atom stereocenters. The number of hydrogen-bond donors (Lipinski definition) is 2. The van der Waals surface area contributed by atoms with Crippen LogP contribution in [-0.4, -0.2) is 22.4 Å². The monoisotopic (exact) mass is 233 g/mol. The number of carboxylic acid groups (broad SMARTS) is 1. The summed E-state index contributed by atoms with van der Waals surface area (Å²) in [6.45, 7) is 0. The molecule has 2 rings (SSSR count). The van der Waals surface area contributed by atoms with Gasteiger partial charge in [0, 0.05) is 18.8 Å². The molecule has 1 aromatic carbocycles. The second-order valence-electron chi connectivity index (χ2n) is 4.55. The summed E-state index contributed by atoms with van der Waals surface area (Å²) in [5.41, 5.74) is 5.49. The fraction of sp³-hybridized carbons (Fsp3) is 0.385. The average molecular weight is 233 g/mol. The van der Waals surface area contributed by atoms with Gasteiger partial charge in [-0.05, 0) is 12.0 Å². The Balaban J connectivity index is 2.39. The van der Waals surface area contributed by atoms with Crippen LogP contribution in [0.5, 0.6) is 0 Å². The lowest BCUT2D eigenvalue weighted by atomic mass is 9.70. The Morgan fingerprint density at radius 3 is 2.59 bits per heavy atom. The minimum absolute atomic E-state index is 0.0844. The highest BCUT2D eigenvalue weighted by atomic mass is 16.4. The Hall–Kier alpha value is -1.68. The lowest BCUT2D eigenvalue weighted by Crippen LogP contribution is -2.55. The smallest absolute Gasteiger partial charge is 0.324 e. The molecule has 0 bridgehead atoms. The molecule has 0 radical (unpaired) electrons. The maximum atomic E-state index is 11.5. The number of carboxylic acids is 1. The summed E-state index contributed by atoms with van der Waals surface area (Å²) in [4.78, 5) is 22.8. The van der Waals surface area contributed by atoms with E-state index in [1.807, 2.05) is 30.3 Å². The topological polar surface area (TPSA) is 80.4 Å². The van der Waals surface area contributed by atoms with E-state index in [2.05, 4.69) is 0 Å². The van der Waals surface area contributed by atoms with Crippen LogP contribution in [0.2, 0.25) is 0 Å². The van der Waals surface area contributed by atoms with Crippen molar-refractivity contribution in [3.8, 4) is 0 Å². The van der Waals surface area contributed by atoms with Gasteiger partial charge in [0.25, 0.3) is 0 Å². The van der Waals surface area contributed by atoms with E-state index in [0.717, 1.165) is 5.56 Å². The molecule has 0 unspecified atom stereocenters. The third-order valence-corrected chi connectivity index (χ3v) is 3.47. The third-order valence-electron chi connectivity index (χ3n) is 3.47. The molecule has 1 fully saturated rings. The molecule has 0 saturated heterocycles. The zero-order valence-corrected chi connectivity index (χ0v) is 9.43. The van der Waals surface area contributed by atoms with Gasteiger partial charge in [-0.3, -0.25) is 9.59 Å².